The Morgan fingerprint density at radius 1 is 1.20 bits per heavy atom. The van der Waals surface area contributed by atoms with Crippen LogP contribution in [-0.4, -0.2) is 42.4 Å². The summed E-state index contributed by atoms with van der Waals surface area (Å²) in [6.45, 7) is 2.20. The van der Waals surface area contributed by atoms with Crippen molar-refractivity contribution in [2.45, 2.75) is 18.4 Å². The first kappa shape index (κ1) is 21.3. The summed E-state index contributed by atoms with van der Waals surface area (Å²) in [6.07, 6.45) is 1.21. The minimum Gasteiger partial charge on any atom is -0.506 e. The molecule has 3 rings (SSSR count). The average Bonchev–Trinajstić information content (AvgIpc) is 2.73. The number of hydrogen-bond donors (Lipinski definition) is 3. The van der Waals surface area contributed by atoms with Crippen molar-refractivity contribution in [2.24, 2.45) is 16.5 Å². The zero-order chi connectivity index (χ0) is 21.9. The number of fused-ring (bicyclic) bond motifs is 1. The monoisotopic (exact) mass is 429 g/mol. The summed E-state index contributed by atoms with van der Waals surface area (Å²) in [5, 5.41) is 10.8. The summed E-state index contributed by atoms with van der Waals surface area (Å²) in [5.41, 5.74) is 11.7. The largest absolute Gasteiger partial charge is 0.506 e. The summed E-state index contributed by atoms with van der Waals surface area (Å²) in [4.78, 5) is 7.97. The maximum atomic E-state index is 13.3. The van der Waals surface area contributed by atoms with Crippen LogP contribution in [0.4, 0.5) is 5.82 Å². The quantitative estimate of drug-likeness (QED) is 0.385. The summed E-state index contributed by atoms with van der Waals surface area (Å²) in [5.74, 6) is 0.439. The van der Waals surface area contributed by atoms with Crippen LogP contribution >= 0.6 is 0 Å². The molecule has 30 heavy (non-hydrogen) atoms. The number of nitrogens with zero attached hydrogens (tertiary/aromatic N) is 3. The predicted molar refractivity (Wildman–Crippen MR) is 115 cm³/mol. The SMILES string of the molecule is CCN(Cc1cccc(OC)c1)S(=O)(=O)c1ccc2c(O)cnc(N=C(N)N)c2c1. The second-order valence-corrected chi connectivity index (χ2v) is 8.43. The number of benzene rings is 2. The Morgan fingerprint density at radius 2 is 1.97 bits per heavy atom. The van der Waals surface area contributed by atoms with E-state index < -0.39 is 10.0 Å². The molecular weight excluding hydrogens is 406 g/mol. The lowest BCUT2D eigenvalue weighted by Crippen LogP contribution is -2.30. The molecule has 0 saturated heterocycles. The first-order valence-electron chi connectivity index (χ1n) is 9.10. The first-order chi connectivity index (χ1) is 14.3. The highest BCUT2D eigenvalue weighted by atomic mass is 32.2. The van der Waals surface area contributed by atoms with Crippen LogP contribution in [-0.2, 0) is 16.6 Å². The predicted octanol–water partition coefficient (Wildman–Crippen LogP) is 2.06. The fourth-order valence-electron chi connectivity index (χ4n) is 3.06. The van der Waals surface area contributed by atoms with E-state index in [1.807, 2.05) is 6.07 Å². The summed E-state index contributed by atoms with van der Waals surface area (Å²) >= 11 is 0. The van der Waals surface area contributed by atoms with Gasteiger partial charge < -0.3 is 21.3 Å². The van der Waals surface area contributed by atoms with E-state index in [2.05, 4.69) is 9.98 Å². The van der Waals surface area contributed by atoms with E-state index in [1.54, 1.807) is 32.2 Å². The highest BCUT2D eigenvalue weighted by Crippen LogP contribution is 2.33. The molecule has 0 spiro atoms. The molecule has 0 unspecified atom stereocenters. The molecule has 1 aromatic heterocycles. The normalized spacial score (nSPS) is 11.6. The fraction of sp³-hybridized carbons (Fsp3) is 0.200. The van der Waals surface area contributed by atoms with E-state index >= 15 is 0 Å². The van der Waals surface area contributed by atoms with Gasteiger partial charge >= 0.3 is 0 Å². The molecule has 0 radical (unpaired) electrons. The Kier molecular flexibility index (Phi) is 6.09. The Labute approximate surface area is 174 Å². The van der Waals surface area contributed by atoms with Crippen molar-refractivity contribution in [1.29, 1.82) is 0 Å². The Bertz CT molecular complexity index is 1210. The average molecular weight is 430 g/mol. The minimum atomic E-state index is -3.85. The van der Waals surface area contributed by atoms with Crippen molar-refractivity contribution in [2.75, 3.05) is 13.7 Å². The van der Waals surface area contributed by atoms with Crippen molar-refractivity contribution in [3.63, 3.8) is 0 Å². The van der Waals surface area contributed by atoms with Crippen molar-refractivity contribution in [3.8, 4) is 11.5 Å². The third-order valence-electron chi connectivity index (χ3n) is 4.54. The molecule has 1 heterocycles. The van der Waals surface area contributed by atoms with Gasteiger partial charge in [-0.2, -0.15) is 9.30 Å². The van der Waals surface area contributed by atoms with E-state index in [-0.39, 0.29) is 35.5 Å². The van der Waals surface area contributed by atoms with Crippen LogP contribution in [0.1, 0.15) is 12.5 Å². The van der Waals surface area contributed by atoms with Gasteiger partial charge in [-0.25, -0.2) is 13.4 Å². The summed E-state index contributed by atoms with van der Waals surface area (Å²) in [7, 11) is -2.29. The van der Waals surface area contributed by atoms with Crippen molar-refractivity contribution in [3.05, 3.63) is 54.2 Å². The smallest absolute Gasteiger partial charge is 0.243 e. The van der Waals surface area contributed by atoms with Crippen LogP contribution in [0.5, 0.6) is 11.5 Å². The van der Waals surface area contributed by atoms with Crippen LogP contribution in [0.15, 0.2) is 58.5 Å². The standard InChI is InChI=1S/C20H23N5O4S/c1-3-25(12-13-5-4-6-14(9-13)29-2)30(27,28)15-7-8-16-17(10-15)19(24-20(21)22)23-11-18(16)26/h4-11,26H,3,12H2,1-2H3,(H4,21,22,23,24). The van der Waals surface area contributed by atoms with E-state index in [1.165, 1.54) is 28.7 Å². The number of nitrogens with two attached hydrogens (primary N) is 2. The number of aromatic nitrogens is 1. The molecule has 3 aromatic rings. The number of pyridine rings is 1. The number of hydrogen-bond acceptors (Lipinski definition) is 6. The van der Waals surface area contributed by atoms with Gasteiger partial charge in [0, 0.05) is 23.9 Å². The van der Waals surface area contributed by atoms with E-state index in [0.29, 0.717) is 16.5 Å². The molecule has 158 valence electrons. The van der Waals surface area contributed by atoms with E-state index in [0.717, 1.165) is 5.56 Å². The van der Waals surface area contributed by atoms with Gasteiger partial charge in [-0.3, -0.25) is 0 Å². The summed E-state index contributed by atoms with van der Waals surface area (Å²) < 4.78 is 33.2. The molecule has 0 fully saturated rings. The maximum absolute atomic E-state index is 13.3. The number of ether oxygens (including phenoxy) is 1. The van der Waals surface area contributed by atoms with E-state index in [9.17, 15) is 13.5 Å². The van der Waals surface area contributed by atoms with Crippen LogP contribution < -0.4 is 16.2 Å². The minimum absolute atomic E-state index is 0.0409. The molecule has 9 nitrogen and oxygen atoms in total. The lowest BCUT2D eigenvalue weighted by Gasteiger charge is -2.21. The first-order valence-corrected chi connectivity index (χ1v) is 10.5. The van der Waals surface area contributed by atoms with Crippen molar-refractivity contribution >= 4 is 32.6 Å². The number of guanidine groups is 1. The third-order valence-corrected chi connectivity index (χ3v) is 6.45. The fourth-order valence-corrected chi connectivity index (χ4v) is 4.52. The molecule has 0 amide bonds. The van der Waals surface area contributed by atoms with Crippen LogP contribution in [0.2, 0.25) is 0 Å². The molecule has 0 aliphatic heterocycles. The molecule has 0 aliphatic carbocycles. The number of aliphatic imine (C=N–C) groups is 1. The van der Waals surface area contributed by atoms with Gasteiger partial charge in [0.1, 0.15) is 11.5 Å². The highest BCUT2D eigenvalue weighted by Gasteiger charge is 2.24. The molecule has 0 aliphatic rings. The number of rotatable bonds is 7. The second kappa shape index (κ2) is 8.56. The van der Waals surface area contributed by atoms with E-state index in [4.69, 9.17) is 16.2 Å². The van der Waals surface area contributed by atoms with Crippen LogP contribution in [0, 0.1) is 0 Å². The van der Waals surface area contributed by atoms with Crippen LogP contribution in [0.3, 0.4) is 0 Å². The lowest BCUT2D eigenvalue weighted by atomic mass is 10.1. The molecule has 0 atom stereocenters. The Morgan fingerprint density at radius 3 is 2.63 bits per heavy atom. The van der Waals surface area contributed by atoms with Gasteiger partial charge in [0.2, 0.25) is 10.0 Å². The van der Waals surface area contributed by atoms with Gasteiger partial charge in [-0.05, 0) is 35.9 Å². The molecular formula is C20H23N5O4S. The van der Waals surface area contributed by atoms with Crippen molar-refractivity contribution < 1.29 is 18.3 Å². The van der Waals surface area contributed by atoms with Gasteiger partial charge in [0.25, 0.3) is 0 Å². The van der Waals surface area contributed by atoms with Gasteiger partial charge in [0.05, 0.1) is 18.2 Å². The molecule has 10 heteroatoms. The molecule has 5 N–H and O–H groups in total. The van der Waals surface area contributed by atoms with Gasteiger partial charge in [-0.15, -0.1) is 0 Å². The van der Waals surface area contributed by atoms with Gasteiger partial charge in [0.15, 0.2) is 11.8 Å². The van der Waals surface area contributed by atoms with Gasteiger partial charge in [-0.1, -0.05) is 19.1 Å². The van der Waals surface area contributed by atoms with Crippen molar-refractivity contribution in [1.82, 2.24) is 9.29 Å². The number of sulfonamides is 1. The highest BCUT2D eigenvalue weighted by molar-refractivity contribution is 7.89. The topological polar surface area (TPSA) is 144 Å². The maximum Gasteiger partial charge on any atom is 0.243 e. The Hall–Kier alpha value is -3.37. The summed E-state index contributed by atoms with van der Waals surface area (Å²) in [6, 6.07) is 11.6. The molecule has 2 aromatic carbocycles. The second-order valence-electron chi connectivity index (χ2n) is 6.49. The lowest BCUT2D eigenvalue weighted by molar-refractivity contribution is 0.407. The zero-order valence-corrected chi connectivity index (χ0v) is 17.4. The number of methoxy groups -OCH3 is 1. The van der Waals surface area contributed by atoms with Crippen LogP contribution in [0.25, 0.3) is 10.8 Å². The number of aromatic hydroxyl groups is 1. The Balaban J connectivity index is 2.06. The molecule has 0 bridgehead atoms. The third kappa shape index (κ3) is 4.29. The zero-order valence-electron chi connectivity index (χ0n) is 16.6. The molecule has 0 saturated carbocycles.